The van der Waals surface area contributed by atoms with Crippen molar-refractivity contribution in [1.29, 1.82) is 0 Å². The lowest BCUT2D eigenvalue weighted by Crippen LogP contribution is -2.37. The molecule has 0 aliphatic heterocycles. The third-order valence-corrected chi connectivity index (χ3v) is 3.19. The van der Waals surface area contributed by atoms with E-state index in [1.807, 2.05) is 31.2 Å². The maximum Gasteiger partial charge on any atom is 0.226 e. The molecule has 4 nitrogen and oxygen atoms in total. The maximum absolute atomic E-state index is 11.7. The summed E-state index contributed by atoms with van der Waals surface area (Å²) in [6.07, 6.45) is 0. The Morgan fingerprint density at radius 2 is 2.00 bits per heavy atom. The first-order valence-corrected chi connectivity index (χ1v) is 6.67. The van der Waals surface area contributed by atoms with Crippen molar-refractivity contribution < 1.29 is 9.53 Å². The van der Waals surface area contributed by atoms with Crippen LogP contribution in [0.15, 0.2) is 28.7 Å². The van der Waals surface area contributed by atoms with Gasteiger partial charge in [-0.1, -0.05) is 22.9 Å². The van der Waals surface area contributed by atoms with Crippen molar-refractivity contribution in [3.8, 4) is 5.75 Å². The third kappa shape index (κ3) is 6.27. The molecule has 0 bridgehead atoms. The number of rotatable bonds is 6. The molecule has 0 spiro atoms. The van der Waals surface area contributed by atoms with E-state index in [1.165, 1.54) is 0 Å². The van der Waals surface area contributed by atoms with Gasteiger partial charge in [-0.05, 0) is 24.3 Å². The summed E-state index contributed by atoms with van der Waals surface area (Å²) in [6.45, 7) is 3.23. The average Bonchev–Trinajstić information content (AvgIpc) is 2.39. The van der Waals surface area contributed by atoms with Gasteiger partial charge < -0.3 is 15.4 Å². The topological polar surface area (TPSA) is 55.6 Å². The molecular formula is C13H20BrClN2O2. The second-order valence-electron chi connectivity index (χ2n) is 4.20. The van der Waals surface area contributed by atoms with E-state index in [2.05, 4.69) is 15.9 Å². The van der Waals surface area contributed by atoms with E-state index in [-0.39, 0.29) is 24.2 Å². The predicted molar refractivity (Wildman–Crippen MR) is 82.7 cm³/mol. The standard InChI is InChI=1S/C13H19BrN2O2.ClH/c1-10(9-15)13(17)16(2)7-8-18-12-5-3-11(14)4-6-12;/h3-6,10H,7-9,15H2,1-2H3;1H. The molecule has 0 aliphatic carbocycles. The SMILES string of the molecule is CC(CN)C(=O)N(C)CCOc1ccc(Br)cc1.Cl. The number of hydrogen-bond donors (Lipinski definition) is 1. The van der Waals surface area contributed by atoms with Crippen LogP contribution in [0.3, 0.4) is 0 Å². The van der Waals surface area contributed by atoms with Gasteiger partial charge in [-0.25, -0.2) is 0 Å². The molecule has 6 heteroatoms. The number of benzene rings is 1. The van der Waals surface area contributed by atoms with Gasteiger partial charge in [-0.2, -0.15) is 0 Å². The number of nitrogens with two attached hydrogens (primary N) is 1. The van der Waals surface area contributed by atoms with Crippen LogP contribution >= 0.6 is 28.3 Å². The molecular weight excluding hydrogens is 332 g/mol. The van der Waals surface area contributed by atoms with E-state index >= 15 is 0 Å². The molecule has 19 heavy (non-hydrogen) atoms. The highest BCUT2D eigenvalue weighted by Crippen LogP contribution is 2.15. The Balaban J connectivity index is 0.00000324. The molecule has 1 aromatic carbocycles. The van der Waals surface area contributed by atoms with Crippen LogP contribution in [0.5, 0.6) is 5.75 Å². The van der Waals surface area contributed by atoms with E-state index < -0.39 is 0 Å². The van der Waals surface area contributed by atoms with E-state index in [1.54, 1.807) is 11.9 Å². The molecule has 1 unspecified atom stereocenters. The fourth-order valence-corrected chi connectivity index (χ4v) is 1.68. The summed E-state index contributed by atoms with van der Waals surface area (Å²) in [4.78, 5) is 13.4. The van der Waals surface area contributed by atoms with Gasteiger partial charge in [0.1, 0.15) is 12.4 Å². The Morgan fingerprint density at radius 3 is 2.53 bits per heavy atom. The first-order valence-electron chi connectivity index (χ1n) is 5.88. The fraction of sp³-hybridized carbons (Fsp3) is 0.462. The molecule has 2 N–H and O–H groups in total. The van der Waals surface area contributed by atoms with Gasteiger partial charge in [0.25, 0.3) is 0 Å². The minimum absolute atomic E-state index is 0. The Morgan fingerprint density at radius 1 is 1.42 bits per heavy atom. The lowest BCUT2D eigenvalue weighted by atomic mass is 10.1. The Hall–Kier alpha value is -0.780. The molecule has 1 rings (SSSR count). The first-order chi connectivity index (χ1) is 8.54. The van der Waals surface area contributed by atoms with Gasteiger partial charge in [0.2, 0.25) is 5.91 Å². The van der Waals surface area contributed by atoms with Gasteiger partial charge in [0, 0.05) is 24.0 Å². The highest BCUT2D eigenvalue weighted by Gasteiger charge is 2.15. The Labute approximate surface area is 128 Å². The molecule has 1 aromatic rings. The van der Waals surface area contributed by atoms with Crippen molar-refractivity contribution >= 4 is 34.2 Å². The zero-order chi connectivity index (χ0) is 13.5. The summed E-state index contributed by atoms with van der Waals surface area (Å²) >= 11 is 3.36. The monoisotopic (exact) mass is 350 g/mol. The first kappa shape index (κ1) is 18.2. The van der Waals surface area contributed by atoms with Crippen LogP contribution in [-0.4, -0.2) is 37.6 Å². The number of amides is 1. The smallest absolute Gasteiger partial charge is 0.226 e. The van der Waals surface area contributed by atoms with Gasteiger partial charge in [0.15, 0.2) is 0 Å². The van der Waals surface area contributed by atoms with Crippen molar-refractivity contribution in [3.63, 3.8) is 0 Å². The molecule has 0 aliphatic rings. The maximum atomic E-state index is 11.7. The van der Waals surface area contributed by atoms with Gasteiger partial charge in [-0.15, -0.1) is 12.4 Å². The van der Waals surface area contributed by atoms with Crippen LogP contribution in [-0.2, 0) is 4.79 Å². The molecule has 1 atom stereocenters. The number of carbonyl (C=O) groups is 1. The quantitative estimate of drug-likeness (QED) is 0.855. The number of halogens is 2. The van der Waals surface area contributed by atoms with E-state index in [4.69, 9.17) is 10.5 Å². The molecule has 0 heterocycles. The highest BCUT2D eigenvalue weighted by molar-refractivity contribution is 9.10. The van der Waals surface area contributed by atoms with Crippen molar-refractivity contribution in [2.24, 2.45) is 11.7 Å². The normalized spacial score (nSPS) is 11.4. The van der Waals surface area contributed by atoms with E-state index in [0.29, 0.717) is 19.7 Å². The van der Waals surface area contributed by atoms with Crippen LogP contribution in [0.2, 0.25) is 0 Å². The molecule has 0 aromatic heterocycles. The molecule has 0 saturated heterocycles. The zero-order valence-corrected chi connectivity index (χ0v) is 13.5. The minimum atomic E-state index is -0.136. The largest absolute Gasteiger partial charge is 0.492 e. The van der Waals surface area contributed by atoms with Crippen molar-refractivity contribution in [2.45, 2.75) is 6.92 Å². The van der Waals surface area contributed by atoms with Crippen molar-refractivity contribution in [3.05, 3.63) is 28.7 Å². The predicted octanol–water partition coefficient (Wildman–Crippen LogP) is 2.30. The Kier molecular flexibility index (Phi) is 8.80. The number of nitrogens with zero attached hydrogens (tertiary/aromatic N) is 1. The molecule has 0 radical (unpaired) electrons. The number of hydrogen-bond acceptors (Lipinski definition) is 3. The number of carbonyl (C=O) groups excluding carboxylic acids is 1. The summed E-state index contributed by atoms with van der Waals surface area (Å²) in [5, 5.41) is 0. The van der Waals surface area contributed by atoms with Crippen molar-refractivity contribution in [1.82, 2.24) is 4.90 Å². The second kappa shape index (κ2) is 9.18. The third-order valence-electron chi connectivity index (χ3n) is 2.66. The number of likely N-dealkylation sites (N-methyl/N-ethyl adjacent to an activating group) is 1. The summed E-state index contributed by atoms with van der Waals surface area (Å²) in [5.74, 6) is 0.713. The van der Waals surface area contributed by atoms with E-state index in [0.717, 1.165) is 10.2 Å². The van der Waals surface area contributed by atoms with Gasteiger partial charge in [0.05, 0.1) is 6.54 Å². The second-order valence-corrected chi connectivity index (χ2v) is 5.11. The van der Waals surface area contributed by atoms with Crippen LogP contribution in [0.4, 0.5) is 0 Å². The summed E-state index contributed by atoms with van der Waals surface area (Å²) in [6, 6.07) is 7.60. The molecule has 0 saturated carbocycles. The molecule has 1 amide bonds. The lowest BCUT2D eigenvalue weighted by molar-refractivity contribution is -0.133. The van der Waals surface area contributed by atoms with Crippen LogP contribution < -0.4 is 10.5 Å². The number of ether oxygens (including phenoxy) is 1. The van der Waals surface area contributed by atoms with Crippen LogP contribution in [0, 0.1) is 5.92 Å². The highest BCUT2D eigenvalue weighted by atomic mass is 79.9. The fourth-order valence-electron chi connectivity index (χ4n) is 1.42. The average molecular weight is 352 g/mol. The minimum Gasteiger partial charge on any atom is -0.492 e. The van der Waals surface area contributed by atoms with Crippen molar-refractivity contribution in [2.75, 3.05) is 26.7 Å². The zero-order valence-electron chi connectivity index (χ0n) is 11.1. The van der Waals surface area contributed by atoms with Gasteiger partial charge in [-0.3, -0.25) is 4.79 Å². The molecule has 108 valence electrons. The summed E-state index contributed by atoms with van der Waals surface area (Å²) in [7, 11) is 1.76. The Bertz CT molecular complexity index is 387. The van der Waals surface area contributed by atoms with Crippen LogP contribution in [0.1, 0.15) is 6.92 Å². The summed E-state index contributed by atoms with van der Waals surface area (Å²) in [5.41, 5.74) is 5.46. The van der Waals surface area contributed by atoms with E-state index in [9.17, 15) is 4.79 Å². The van der Waals surface area contributed by atoms with Gasteiger partial charge >= 0.3 is 0 Å². The molecule has 0 fully saturated rings. The summed E-state index contributed by atoms with van der Waals surface area (Å²) < 4.78 is 6.56. The van der Waals surface area contributed by atoms with Crippen LogP contribution in [0.25, 0.3) is 0 Å². The lowest BCUT2D eigenvalue weighted by Gasteiger charge is -2.20.